The molecule has 1 saturated heterocycles. The average molecular weight is 2350 g/mol. The number of hydrogen-bond donors (Lipinski definition) is 15. The molecule has 3 aromatic heterocycles. The molecule has 4 heterocycles. The number of hydrogen-bond acceptors (Lipinski definition) is 39. The van der Waals surface area contributed by atoms with Crippen molar-refractivity contribution in [3.05, 3.63) is 249 Å². The minimum Gasteiger partial charge on any atom is -1.00 e. The number of aromatic carboxylic acids is 1. The first-order valence-corrected chi connectivity index (χ1v) is 45.5. The van der Waals surface area contributed by atoms with E-state index in [-0.39, 0.29) is 169 Å². The molecule has 58 heteroatoms. The summed E-state index contributed by atoms with van der Waals surface area (Å²) >= 11 is 64.2. The van der Waals surface area contributed by atoms with Gasteiger partial charge < -0.3 is 143 Å². The number of benzene rings is 8. The van der Waals surface area contributed by atoms with Gasteiger partial charge in [-0.3, -0.25) is 30.3 Å². The zero-order chi connectivity index (χ0) is 109. The largest absolute Gasteiger partial charge is 2.00 e. The van der Waals surface area contributed by atoms with Crippen molar-refractivity contribution in [2.24, 2.45) is 0 Å². The van der Waals surface area contributed by atoms with Gasteiger partial charge in [0.2, 0.25) is 46.7 Å². The summed E-state index contributed by atoms with van der Waals surface area (Å²) in [5.41, 5.74) is 15.8. The Morgan fingerprint density at radius 3 is 1.06 bits per heavy atom. The fourth-order valence-corrected chi connectivity index (χ4v) is 13.1. The first kappa shape index (κ1) is 136. The summed E-state index contributed by atoms with van der Waals surface area (Å²) in [5.74, 6) is -2.92. The van der Waals surface area contributed by atoms with Gasteiger partial charge in [0.25, 0.3) is 5.69 Å². The number of halogens is 14. The van der Waals surface area contributed by atoms with Crippen LogP contribution in [0.5, 0.6) is 17.2 Å². The molecule has 0 saturated carbocycles. The number of nitrogens with two attached hydrogens (primary N) is 3. The monoisotopic (exact) mass is 2340 g/mol. The van der Waals surface area contributed by atoms with Crippen LogP contribution in [0.15, 0.2) is 116 Å². The third-order valence-corrected chi connectivity index (χ3v) is 22.1. The van der Waals surface area contributed by atoms with Gasteiger partial charge in [-0.25, -0.2) is 39.5 Å². The number of nitro groups is 3. The third kappa shape index (κ3) is 45.0. The Balaban J connectivity index is 0.00000176. The Bertz CT molecular complexity index is 6160. The molecule has 0 bridgehead atoms. The van der Waals surface area contributed by atoms with E-state index < -0.39 is 66.5 Å². The van der Waals surface area contributed by atoms with Crippen molar-refractivity contribution in [1.82, 2.24) is 60.0 Å². The van der Waals surface area contributed by atoms with Crippen molar-refractivity contribution in [3.63, 3.8) is 0 Å². The second-order valence-electron chi connectivity index (χ2n) is 30.9. The topological polar surface area (TPSA) is 607 Å². The number of anilines is 14. The zero-order valence-electron chi connectivity index (χ0n) is 82.6. The fraction of sp³-hybridized carbons (Fsp3) is 0.326. The van der Waals surface area contributed by atoms with Crippen LogP contribution in [0.25, 0.3) is 0 Å². The molecule has 0 radical (unpaired) electrons. The van der Waals surface area contributed by atoms with E-state index >= 15 is 0 Å². The summed E-state index contributed by atoms with van der Waals surface area (Å²) < 4.78 is 52.3. The van der Waals surface area contributed by atoms with E-state index in [4.69, 9.17) is 179 Å². The zero-order valence-corrected chi connectivity index (χ0v) is 93.9. The van der Waals surface area contributed by atoms with Gasteiger partial charge in [0.15, 0.2) is 0 Å². The summed E-state index contributed by atoms with van der Waals surface area (Å²) in [6.07, 6.45) is 6.16. The second-order valence-corrected chi connectivity index (χ2v) is 35.3. The summed E-state index contributed by atoms with van der Waals surface area (Å²) in [5, 5.41) is 107. The molecule has 43 nitrogen and oxygen atoms in total. The first-order chi connectivity index (χ1) is 67.5. The molecule has 0 unspecified atom stereocenters. The van der Waals surface area contributed by atoms with Crippen LogP contribution < -0.4 is 85.2 Å². The van der Waals surface area contributed by atoms with Gasteiger partial charge in [-0.05, 0) is 162 Å². The van der Waals surface area contributed by atoms with E-state index in [0.29, 0.717) is 79.0 Å². The van der Waals surface area contributed by atoms with Crippen LogP contribution >= 0.6 is 128 Å². The van der Waals surface area contributed by atoms with E-state index in [1.807, 2.05) is 26.0 Å². The van der Waals surface area contributed by atoms with Gasteiger partial charge in [-0.2, -0.15) is 23.7 Å². The molecular formula is C89H110BrCl11F2MgN24O19. The molecule has 12 rings (SSSR count). The molecule has 1 aliphatic heterocycles. The Kier molecular flexibility index (Phi) is 61.4. The van der Waals surface area contributed by atoms with Crippen LogP contribution in [0, 0.1) is 49.4 Å². The van der Waals surface area contributed by atoms with Crippen molar-refractivity contribution in [2.45, 2.75) is 71.2 Å². The summed E-state index contributed by atoms with van der Waals surface area (Å²) in [7, 11) is 19.1. The number of likely N-dealkylation sites (N-methyl/N-ethyl adjacent to an activating group) is 4. The van der Waals surface area contributed by atoms with Crippen LogP contribution in [0.4, 0.5) is 107 Å². The van der Waals surface area contributed by atoms with Gasteiger partial charge in [0.1, 0.15) is 41.9 Å². The number of carboxylic acid groups (broad SMARTS) is 1. The Hall–Kier alpha value is -10.5. The number of carbonyl (C=O) groups is 2. The number of ether oxygens (including phenoxy) is 5. The average Bonchev–Trinajstić information content (AvgIpc) is 0.856. The normalized spacial score (nSPS) is 10.9. The quantitative estimate of drug-likeness (QED) is 0.00541. The standard InChI is InChI=1S/C24H30Cl2N8O4.C19H17Cl2FN6O4.C10H7ClFN5O3.C9H11Cl2NO.C8H7Cl2NO2.C7H5Cl2NO2.C5H14N2.C4H8O.2CH4O.CH3.BrH.Mg/c1-24(2,35)14-9-15(25)16(26)10-17(14)29-22-27-13-28-23(31-22)30-18-11-20(34(36)37)19(12-21(18)38-6)33(5)8-7-32(3)4;1-19(2,29)9-4-10(20)11(21)5-13(9)25-17-23-8-24-18(27-17)26-14-7-15(28(30)31)12(22)6-16(14)32-3;1-20-8-2-5(12)7(17(18)19)3-6(8)15-10-14-4-13-9(11)16-10;1-9(2,13)5-3-6(10)7(11)4-8(5)12;1-13-8(12)4-2-5(9)6(10)3-7(4)11;8-4-1-3(7(11)12)6(10)2-5(4)9;1-6-4-5-7(2)3;1-2-4-5-3-1;2*1-2;;;/h9-13,35H,7-8H2,1-6H3,(H2,27,28,29,30,31);4-8,29H,1-3H3,(H2,23,24,25,26,27);2-4H,1H3,(H,13,14,15,16);3-4,13H,12H2,1-2H3;2-3H,11H2,1H3;1-2H,10H2,(H,11,12);6H,4-5H2,1-3H3;1-4H2;2*2H,1H3;1H3;1H;/q;;;;;;;;;;-1;;+2/p-1. The molecule has 800 valence electrons. The fourth-order valence-electron chi connectivity index (χ4n) is 11.3. The number of carboxylic acids is 1. The number of nitrogen functional groups attached to an aromatic ring is 3. The van der Waals surface area contributed by atoms with Crippen molar-refractivity contribution < 1.29 is 104 Å². The van der Waals surface area contributed by atoms with E-state index in [0.717, 1.165) is 71.1 Å². The predicted molar refractivity (Wildman–Crippen MR) is 572 cm³/mol. The summed E-state index contributed by atoms with van der Waals surface area (Å²) in [4.78, 5) is 94.9. The minimum atomic E-state index is -1.26. The number of rotatable bonds is 28. The summed E-state index contributed by atoms with van der Waals surface area (Å²) in [6.45, 7) is 15.1. The Labute approximate surface area is 927 Å². The minimum absolute atomic E-state index is 0. The van der Waals surface area contributed by atoms with Crippen molar-refractivity contribution >= 4 is 261 Å². The molecule has 0 spiro atoms. The van der Waals surface area contributed by atoms with Gasteiger partial charge >= 0.3 is 46.4 Å². The van der Waals surface area contributed by atoms with E-state index in [1.165, 1.54) is 102 Å². The Morgan fingerprint density at radius 1 is 0.442 bits per heavy atom. The van der Waals surface area contributed by atoms with Gasteiger partial charge in [0.05, 0.1) is 138 Å². The molecule has 1 aliphatic rings. The number of carbonyl (C=O) groups excluding carboxylic acids is 1. The van der Waals surface area contributed by atoms with Crippen LogP contribution in [-0.2, 0) is 26.3 Å². The van der Waals surface area contributed by atoms with Crippen molar-refractivity contribution in [3.8, 4) is 17.2 Å². The molecule has 18 N–H and O–H groups in total. The maximum atomic E-state index is 13.9. The number of nitrogens with one attached hydrogen (secondary N) is 6. The Morgan fingerprint density at radius 2 is 0.748 bits per heavy atom. The molecule has 0 amide bonds. The number of nitrogens with zero attached hydrogens (tertiary/aromatic N) is 15. The molecule has 0 atom stereocenters. The molecule has 1 fully saturated rings. The molecule has 8 aromatic carbocycles. The molecular weight excluding hydrogens is 2240 g/mol. The van der Waals surface area contributed by atoms with E-state index in [9.17, 15) is 64.0 Å². The van der Waals surface area contributed by atoms with E-state index in [1.54, 1.807) is 77.8 Å². The summed E-state index contributed by atoms with van der Waals surface area (Å²) in [6, 6.07) is 21.3. The molecule has 147 heavy (non-hydrogen) atoms. The predicted octanol–water partition coefficient (Wildman–Crippen LogP) is 16.4. The van der Waals surface area contributed by atoms with Crippen LogP contribution in [0.3, 0.4) is 0 Å². The van der Waals surface area contributed by atoms with Crippen LogP contribution in [0.2, 0.25) is 55.5 Å². The van der Waals surface area contributed by atoms with Crippen molar-refractivity contribution in [2.75, 3.05) is 173 Å². The van der Waals surface area contributed by atoms with Gasteiger partial charge in [-0.1, -0.05) is 116 Å². The van der Waals surface area contributed by atoms with Crippen molar-refractivity contribution in [1.29, 1.82) is 0 Å². The third-order valence-electron chi connectivity index (χ3n) is 18.3. The SMILES string of the molecule is C1CCOC1.CC(C)(O)c1cc(Cl)c(Cl)cc1N.CNCCN(C)C.CO.CO.COC(=O)c1cc(Cl)c(Cl)cc1N.COc1cc(F)c([N+](=O)[O-])cc1Nc1ncnc(Cl)n1.COc1cc(F)c([N+](=O)[O-])cc1Nc1ncnc(Nc2cc(Cl)c(Cl)cc2C(C)(C)O)n1.COc1cc(N(C)CCN(C)C)c([N+](=O)[O-])cc1Nc1ncnc(Nc2cc(Cl)c(Cl)cc2C(C)(C)O)n1.Nc1cc(Cl)c(Cl)cc1C(=O)O.[Br-].[CH3-].[Mg+2]. The number of esters is 1. The first-order valence-electron chi connectivity index (χ1n) is 41.3. The number of methoxy groups -OCH3 is 4. The second kappa shape index (κ2) is 66.1. The molecule has 11 aromatic rings. The van der Waals surface area contributed by atoms with Crippen LogP contribution in [0.1, 0.15) is 91.8 Å². The maximum absolute atomic E-state index is 13.9. The van der Waals surface area contributed by atoms with E-state index in [2.05, 4.69) is 100 Å². The number of aromatic nitrogens is 9. The number of aliphatic hydroxyl groups excluding tert-OH is 2. The van der Waals surface area contributed by atoms with Gasteiger partial charge in [0, 0.05) is 142 Å². The molecule has 0 aliphatic carbocycles. The van der Waals surface area contributed by atoms with Gasteiger partial charge in [-0.15, -0.1) is 0 Å². The number of aliphatic hydroxyl groups is 5. The van der Waals surface area contributed by atoms with Crippen LogP contribution in [-0.4, -0.2) is 259 Å². The number of nitro benzene ring substituents is 3. The smallest absolute Gasteiger partial charge is 1.00 e. The maximum Gasteiger partial charge on any atom is 2.00 e.